The van der Waals surface area contributed by atoms with Crippen molar-refractivity contribution < 1.29 is 9.84 Å². The van der Waals surface area contributed by atoms with Crippen LogP contribution < -0.4 is 4.74 Å². The number of rotatable bonds is 4. The van der Waals surface area contributed by atoms with Gasteiger partial charge in [0.2, 0.25) is 5.13 Å². The van der Waals surface area contributed by atoms with Gasteiger partial charge in [0.1, 0.15) is 17.1 Å². The maximum Gasteiger partial charge on any atom is 0.212 e. The van der Waals surface area contributed by atoms with Crippen LogP contribution in [0.25, 0.3) is 16.4 Å². The molecule has 0 fully saturated rings. The second-order valence-corrected chi connectivity index (χ2v) is 4.84. The largest absolute Gasteiger partial charge is 0.496 e. The molecule has 2 aromatic heterocycles. The first-order valence-corrected chi connectivity index (χ1v) is 6.81. The molecule has 20 heavy (non-hydrogen) atoms. The molecule has 0 aliphatic rings. The van der Waals surface area contributed by atoms with Crippen molar-refractivity contribution in [3.8, 4) is 22.1 Å². The number of hydrogen-bond donors (Lipinski definition) is 1. The molecule has 0 saturated carbocycles. The molecule has 2 heterocycles. The van der Waals surface area contributed by atoms with E-state index in [9.17, 15) is 5.11 Å². The van der Waals surface area contributed by atoms with Gasteiger partial charge in [-0.15, -0.1) is 16.4 Å². The van der Waals surface area contributed by atoms with Gasteiger partial charge in [0.15, 0.2) is 0 Å². The number of nitrogens with zero attached hydrogens (tertiary/aromatic N) is 4. The van der Waals surface area contributed by atoms with Crippen LogP contribution in [0.3, 0.4) is 0 Å². The molecular weight excluding hydrogens is 276 g/mol. The Morgan fingerprint density at radius 3 is 2.90 bits per heavy atom. The second kappa shape index (κ2) is 5.40. The van der Waals surface area contributed by atoms with E-state index in [1.54, 1.807) is 18.0 Å². The Labute approximate surface area is 119 Å². The van der Waals surface area contributed by atoms with E-state index in [0.717, 1.165) is 5.56 Å². The number of benzene rings is 1. The van der Waals surface area contributed by atoms with Crippen molar-refractivity contribution in [2.45, 2.75) is 6.61 Å². The van der Waals surface area contributed by atoms with Crippen molar-refractivity contribution in [2.24, 2.45) is 0 Å². The van der Waals surface area contributed by atoms with E-state index in [2.05, 4.69) is 15.3 Å². The summed E-state index contributed by atoms with van der Waals surface area (Å²) >= 11 is 1.45. The predicted molar refractivity (Wildman–Crippen MR) is 74.9 cm³/mol. The molecule has 0 radical (unpaired) electrons. The van der Waals surface area contributed by atoms with Gasteiger partial charge in [-0.3, -0.25) is 0 Å². The molecule has 0 amide bonds. The van der Waals surface area contributed by atoms with Gasteiger partial charge in [0.25, 0.3) is 0 Å². The van der Waals surface area contributed by atoms with Gasteiger partial charge < -0.3 is 9.84 Å². The van der Waals surface area contributed by atoms with Crippen LogP contribution in [0.2, 0.25) is 0 Å². The Hall–Kier alpha value is -2.25. The third-order valence-electron chi connectivity index (χ3n) is 2.85. The smallest absolute Gasteiger partial charge is 0.212 e. The molecular formula is C13H12N4O2S. The van der Waals surface area contributed by atoms with E-state index in [1.807, 2.05) is 29.6 Å². The molecule has 1 aromatic carbocycles. The summed E-state index contributed by atoms with van der Waals surface area (Å²) in [6.07, 6.45) is 1.70. The van der Waals surface area contributed by atoms with Crippen LogP contribution in [0.1, 0.15) is 5.69 Å². The summed E-state index contributed by atoms with van der Waals surface area (Å²) < 4.78 is 6.99. The van der Waals surface area contributed by atoms with E-state index in [-0.39, 0.29) is 6.61 Å². The average molecular weight is 288 g/mol. The molecule has 0 aliphatic heterocycles. The minimum Gasteiger partial charge on any atom is -0.496 e. The molecule has 3 aromatic rings. The fraction of sp³-hybridized carbons (Fsp3) is 0.154. The highest BCUT2D eigenvalue weighted by atomic mass is 32.1. The van der Waals surface area contributed by atoms with Crippen LogP contribution in [0.15, 0.2) is 35.8 Å². The van der Waals surface area contributed by atoms with Crippen LogP contribution in [0.5, 0.6) is 5.75 Å². The van der Waals surface area contributed by atoms with Gasteiger partial charge >= 0.3 is 0 Å². The summed E-state index contributed by atoms with van der Waals surface area (Å²) in [6, 6.07) is 7.55. The third kappa shape index (κ3) is 2.06. The molecule has 6 nitrogen and oxygen atoms in total. The molecule has 0 unspecified atom stereocenters. The van der Waals surface area contributed by atoms with E-state index in [0.29, 0.717) is 22.3 Å². The van der Waals surface area contributed by atoms with Crippen LogP contribution in [0, 0.1) is 0 Å². The summed E-state index contributed by atoms with van der Waals surface area (Å²) in [4.78, 5) is 4.23. The van der Waals surface area contributed by atoms with Crippen molar-refractivity contribution in [2.75, 3.05) is 7.11 Å². The van der Waals surface area contributed by atoms with Crippen molar-refractivity contribution in [3.63, 3.8) is 0 Å². The fourth-order valence-electron chi connectivity index (χ4n) is 1.98. The quantitative estimate of drug-likeness (QED) is 0.793. The minimum absolute atomic E-state index is 0.196. The highest BCUT2D eigenvalue weighted by Crippen LogP contribution is 2.33. The zero-order valence-electron chi connectivity index (χ0n) is 10.7. The number of hydrogen-bond acceptors (Lipinski definition) is 6. The van der Waals surface area contributed by atoms with Crippen molar-refractivity contribution in [1.29, 1.82) is 0 Å². The van der Waals surface area contributed by atoms with Crippen molar-refractivity contribution in [3.05, 3.63) is 41.5 Å². The second-order valence-electron chi connectivity index (χ2n) is 3.97. The molecule has 0 aliphatic carbocycles. The highest BCUT2D eigenvalue weighted by Gasteiger charge is 2.19. The number of methoxy groups -OCH3 is 1. The van der Waals surface area contributed by atoms with E-state index in [4.69, 9.17) is 4.74 Å². The summed E-state index contributed by atoms with van der Waals surface area (Å²) in [6.45, 7) is -0.196. The van der Waals surface area contributed by atoms with Crippen LogP contribution in [-0.2, 0) is 6.61 Å². The maximum absolute atomic E-state index is 9.48. The van der Waals surface area contributed by atoms with E-state index in [1.165, 1.54) is 11.3 Å². The van der Waals surface area contributed by atoms with Crippen LogP contribution in [-0.4, -0.2) is 32.2 Å². The Kier molecular flexibility index (Phi) is 3.44. The van der Waals surface area contributed by atoms with Gasteiger partial charge in [-0.05, 0) is 12.1 Å². The third-order valence-corrected chi connectivity index (χ3v) is 3.60. The molecule has 7 heteroatoms. The zero-order valence-corrected chi connectivity index (χ0v) is 11.5. The monoisotopic (exact) mass is 288 g/mol. The van der Waals surface area contributed by atoms with E-state index >= 15 is 0 Å². The Bertz CT molecular complexity index is 709. The van der Waals surface area contributed by atoms with Gasteiger partial charge in [-0.25, -0.2) is 4.98 Å². The predicted octanol–water partition coefficient (Wildman–Crippen LogP) is 1.89. The maximum atomic E-state index is 9.48. The van der Waals surface area contributed by atoms with Gasteiger partial charge in [-0.1, -0.05) is 17.3 Å². The summed E-state index contributed by atoms with van der Waals surface area (Å²) in [5.74, 6) is 0.697. The number of para-hydroxylation sites is 1. The molecule has 0 saturated heterocycles. The van der Waals surface area contributed by atoms with Gasteiger partial charge in [-0.2, -0.15) is 4.68 Å². The number of aromatic nitrogens is 4. The molecule has 102 valence electrons. The van der Waals surface area contributed by atoms with Crippen molar-refractivity contribution >= 4 is 11.3 Å². The highest BCUT2D eigenvalue weighted by molar-refractivity contribution is 7.12. The molecule has 0 atom stereocenters. The first-order chi connectivity index (χ1) is 9.85. The standard InChI is InChI=1S/C13H12N4O2S/c1-19-11-5-3-2-4-9(11)12-10(8-18)15-16-17(12)13-14-6-7-20-13/h2-7,18H,8H2,1H3. The zero-order chi connectivity index (χ0) is 13.9. The Balaban J connectivity index is 2.24. The molecule has 1 N–H and O–H groups in total. The number of aliphatic hydroxyl groups is 1. The minimum atomic E-state index is -0.196. The topological polar surface area (TPSA) is 73.1 Å². The molecule has 0 spiro atoms. The Morgan fingerprint density at radius 1 is 1.35 bits per heavy atom. The SMILES string of the molecule is COc1ccccc1-c1c(CO)nnn1-c1nccs1. The molecule has 0 bridgehead atoms. The normalized spacial score (nSPS) is 10.7. The van der Waals surface area contributed by atoms with Crippen LogP contribution >= 0.6 is 11.3 Å². The average Bonchev–Trinajstić information content (AvgIpc) is 3.15. The lowest BCUT2D eigenvalue weighted by Crippen LogP contribution is -2.01. The van der Waals surface area contributed by atoms with Gasteiger partial charge in [0.05, 0.1) is 13.7 Å². The van der Waals surface area contributed by atoms with Crippen LogP contribution in [0.4, 0.5) is 0 Å². The van der Waals surface area contributed by atoms with Gasteiger partial charge in [0, 0.05) is 17.1 Å². The Morgan fingerprint density at radius 2 is 2.20 bits per heavy atom. The summed E-state index contributed by atoms with van der Waals surface area (Å²) in [7, 11) is 1.61. The van der Waals surface area contributed by atoms with Crippen molar-refractivity contribution in [1.82, 2.24) is 20.0 Å². The van der Waals surface area contributed by atoms with E-state index < -0.39 is 0 Å². The number of aliphatic hydroxyl groups excluding tert-OH is 1. The summed E-state index contributed by atoms with van der Waals surface area (Å²) in [5.41, 5.74) is 2.00. The first kappa shape index (κ1) is 12.8. The lowest BCUT2D eigenvalue weighted by Gasteiger charge is -2.09. The number of thiazole rings is 1. The fourth-order valence-corrected chi connectivity index (χ4v) is 2.58. The lowest BCUT2D eigenvalue weighted by molar-refractivity contribution is 0.277. The first-order valence-electron chi connectivity index (χ1n) is 5.94. The number of ether oxygens (including phenoxy) is 1. The summed E-state index contributed by atoms with van der Waals surface area (Å²) in [5, 5.41) is 20.1. The molecule has 3 rings (SSSR count). The lowest BCUT2D eigenvalue weighted by atomic mass is 10.1.